The van der Waals surface area contributed by atoms with Crippen molar-refractivity contribution < 1.29 is 18.7 Å². The Bertz CT molecular complexity index is 563. The number of furan rings is 1. The van der Waals surface area contributed by atoms with E-state index in [1.807, 2.05) is 6.07 Å². The third-order valence-corrected chi connectivity index (χ3v) is 2.64. The number of esters is 1. The van der Waals surface area contributed by atoms with Gasteiger partial charge in [0.05, 0.1) is 12.8 Å². The second kappa shape index (κ2) is 6.56. The van der Waals surface area contributed by atoms with Crippen molar-refractivity contribution in [1.82, 2.24) is 5.32 Å². The molecule has 2 rings (SSSR count). The molecule has 1 heterocycles. The molecule has 2 aromatic rings. The summed E-state index contributed by atoms with van der Waals surface area (Å²) in [6.45, 7) is 1.52. The fraction of sp³-hybridized carbons (Fsp3) is 0.200. The summed E-state index contributed by atoms with van der Waals surface area (Å²) in [6.07, 6.45) is 0.575. The predicted octanol–water partition coefficient (Wildman–Crippen LogP) is 2.20. The van der Waals surface area contributed by atoms with Crippen LogP contribution in [0.5, 0.6) is 0 Å². The van der Waals surface area contributed by atoms with Crippen molar-refractivity contribution in [3.63, 3.8) is 0 Å². The van der Waals surface area contributed by atoms with Gasteiger partial charge in [-0.3, -0.25) is 9.59 Å². The Morgan fingerprint density at radius 3 is 2.55 bits per heavy atom. The molecule has 5 nitrogen and oxygen atoms in total. The van der Waals surface area contributed by atoms with E-state index >= 15 is 0 Å². The first-order valence-electron chi connectivity index (χ1n) is 6.19. The predicted molar refractivity (Wildman–Crippen MR) is 71.5 cm³/mol. The van der Waals surface area contributed by atoms with Crippen LogP contribution in [0.1, 0.15) is 24.4 Å². The average Bonchev–Trinajstić information content (AvgIpc) is 2.96. The molecule has 5 heteroatoms. The lowest BCUT2D eigenvalue weighted by Gasteiger charge is -2.16. The van der Waals surface area contributed by atoms with E-state index < -0.39 is 12.1 Å². The van der Waals surface area contributed by atoms with Crippen LogP contribution in [0.15, 0.2) is 53.1 Å². The van der Waals surface area contributed by atoms with Gasteiger partial charge in [0.1, 0.15) is 5.76 Å². The Hall–Kier alpha value is -2.56. The van der Waals surface area contributed by atoms with Crippen molar-refractivity contribution in [3.05, 3.63) is 60.1 Å². The maximum atomic E-state index is 12.1. The summed E-state index contributed by atoms with van der Waals surface area (Å²) in [4.78, 5) is 23.3. The van der Waals surface area contributed by atoms with Gasteiger partial charge in [0, 0.05) is 12.5 Å². The maximum Gasteiger partial charge on any atom is 0.303 e. The fourth-order valence-electron chi connectivity index (χ4n) is 1.75. The van der Waals surface area contributed by atoms with E-state index in [4.69, 9.17) is 9.15 Å². The highest BCUT2D eigenvalue weighted by Gasteiger charge is 2.23. The molecule has 0 bridgehead atoms. The van der Waals surface area contributed by atoms with E-state index in [1.165, 1.54) is 13.2 Å². The molecule has 0 saturated heterocycles. The number of carbonyl (C=O) groups excluding carboxylic acids is 2. The molecule has 0 saturated carbocycles. The van der Waals surface area contributed by atoms with Crippen molar-refractivity contribution >= 4 is 11.9 Å². The Kier molecular flexibility index (Phi) is 4.55. The number of hydrogen-bond donors (Lipinski definition) is 1. The summed E-state index contributed by atoms with van der Waals surface area (Å²) in [5, 5.41) is 2.68. The molecule has 0 aliphatic rings. The van der Waals surface area contributed by atoms with E-state index in [0.717, 1.165) is 0 Å². The topological polar surface area (TPSA) is 68.5 Å². The molecule has 0 radical (unpaired) electrons. The van der Waals surface area contributed by atoms with Gasteiger partial charge in [-0.05, 0) is 12.1 Å². The molecule has 0 aliphatic heterocycles. The maximum absolute atomic E-state index is 12.1. The monoisotopic (exact) mass is 273 g/mol. The molecule has 20 heavy (non-hydrogen) atoms. The molecule has 1 aromatic heterocycles. The standard InChI is InChI=1S/C15H15NO4/c1-11(17)20-14(12-6-3-2-4-7-12)15(18)16-10-13-8-5-9-19-13/h2-9,14H,10H2,1H3,(H,16,18). The van der Waals surface area contributed by atoms with Crippen molar-refractivity contribution in [2.24, 2.45) is 0 Å². The van der Waals surface area contributed by atoms with Crippen LogP contribution in [0.3, 0.4) is 0 Å². The zero-order valence-electron chi connectivity index (χ0n) is 11.0. The molecule has 0 aliphatic carbocycles. The normalized spacial score (nSPS) is 11.7. The van der Waals surface area contributed by atoms with Crippen LogP contribution in [-0.2, 0) is 20.9 Å². The molecule has 1 amide bonds. The third-order valence-electron chi connectivity index (χ3n) is 2.64. The second-order valence-electron chi connectivity index (χ2n) is 4.20. The van der Waals surface area contributed by atoms with E-state index in [1.54, 1.807) is 36.4 Å². The Morgan fingerprint density at radius 1 is 1.20 bits per heavy atom. The molecule has 0 fully saturated rings. The number of amides is 1. The minimum atomic E-state index is -0.955. The van der Waals surface area contributed by atoms with E-state index in [-0.39, 0.29) is 12.5 Å². The highest BCUT2D eigenvalue weighted by atomic mass is 16.5. The van der Waals surface area contributed by atoms with Crippen LogP contribution in [0, 0.1) is 0 Å². The van der Waals surface area contributed by atoms with Crippen molar-refractivity contribution in [2.75, 3.05) is 0 Å². The summed E-state index contributed by atoms with van der Waals surface area (Å²) in [5.41, 5.74) is 0.625. The largest absolute Gasteiger partial charge is 0.467 e. The van der Waals surface area contributed by atoms with Crippen LogP contribution in [0.2, 0.25) is 0 Å². The Morgan fingerprint density at radius 2 is 1.95 bits per heavy atom. The summed E-state index contributed by atoms with van der Waals surface area (Å²) >= 11 is 0. The minimum Gasteiger partial charge on any atom is -0.467 e. The van der Waals surface area contributed by atoms with Gasteiger partial charge in [-0.15, -0.1) is 0 Å². The Balaban J connectivity index is 2.06. The summed E-state index contributed by atoms with van der Waals surface area (Å²) in [5.74, 6) is -0.261. The molecular weight excluding hydrogens is 258 g/mol. The lowest BCUT2D eigenvalue weighted by atomic mass is 10.1. The first kappa shape index (κ1) is 13.9. The van der Waals surface area contributed by atoms with Crippen molar-refractivity contribution in [1.29, 1.82) is 0 Å². The molecule has 104 valence electrons. The Labute approximate surface area is 116 Å². The number of carbonyl (C=O) groups is 2. The molecule has 1 aromatic carbocycles. The molecule has 1 atom stereocenters. The van der Waals surface area contributed by atoms with Gasteiger partial charge in [0.25, 0.3) is 5.91 Å². The number of rotatable bonds is 5. The van der Waals surface area contributed by atoms with E-state index in [0.29, 0.717) is 11.3 Å². The summed E-state index contributed by atoms with van der Waals surface area (Å²) in [7, 11) is 0. The second-order valence-corrected chi connectivity index (χ2v) is 4.20. The number of ether oxygens (including phenoxy) is 1. The first-order chi connectivity index (χ1) is 9.66. The average molecular weight is 273 g/mol. The van der Waals surface area contributed by atoms with E-state index in [9.17, 15) is 9.59 Å². The highest BCUT2D eigenvalue weighted by Crippen LogP contribution is 2.17. The van der Waals surface area contributed by atoms with Gasteiger partial charge < -0.3 is 14.5 Å². The fourth-order valence-corrected chi connectivity index (χ4v) is 1.75. The van der Waals surface area contributed by atoms with Gasteiger partial charge >= 0.3 is 5.97 Å². The van der Waals surface area contributed by atoms with Crippen LogP contribution in [-0.4, -0.2) is 11.9 Å². The zero-order valence-corrected chi connectivity index (χ0v) is 11.0. The van der Waals surface area contributed by atoms with Crippen LogP contribution >= 0.6 is 0 Å². The molecule has 1 N–H and O–H groups in total. The van der Waals surface area contributed by atoms with Gasteiger partial charge in [0.2, 0.25) is 6.10 Å². The quantitative estimate of drug-likeness (QED) is 0.848. The zero-order chi connectivity index (χ0) is 14.4. The van der Waals surface area contributed by atoms with Crippen molar-refractivity contribution in [2.45, 2.75) is 19.6 Å². The van der Waals surface area contributed by atoms with Gasteiger partial charge in [-0.1, -0.05) is 30.3 Å². The van der Waals surface area contributed by atoms with Gasteiger partial charge in [-0.25, -0.2) is 0 Å². The molecule has 0 spiro atoms. The van der Waals surface area contributed by atoms with Gasteiger partial charge in [-0.2, -0.15) is 0 Å². The van der Waals surface area contributed by atoms with Crippen molar-refractivity contribution in [3.8, 4) is 0 Å². The highest BCUT2D eigenvalue weighted by molar-refractivity contribution is 5.84. The third kappa shape index (κ3) is 3.71. The lowest BCUT2D eigenvalue weighted by molar-refractivity contribution is -0.154. The molecular formula is C15H15NO4. The van der Waals surface area contributed by atoms with Crippen LogP contribution in [0.25, 0.3) is 0 Å². The van der Waals surface area contributed by atoms with Crippen LogP contribution < -0.4 is 5.32 Å². The van der Waals surface area contributed by atoms with E-state index in [2.05, 4.69) is 5.32 Å². The first-order valence-corrected chi connectivity index (χ1v) is 6.19. The molecule has 1 unspecified atom stereocenters. The smallest absolute Gasteiger partial charge is 0.303 e. The van der Waals surface area contributed by atoms with Gasteiger partial charge in [0.15, 0.2) is 0 Å². The number of nitrogens with one attached hydrogen (secondary N) is 1. The summed E-state index contributed by atoms with van der Waals surface area (Å²) < 4.78 is 10.2. The van der Waals surface area contributed by atoms with Crippen LogP contribution in [0.4, 0.5) is 0 Å². The number of benzene rings is 1. The SMILES string of the molecule is CC(=O)OC(C(=O)NCc1ccco1)c1ccccc1. The lowest BCUT2D eigenvalue weighted by Crippen LogP contribution is -2.31. The summed E-state index contributed by atoms with van der Waals surface area (Å²) in [6, 6.07) is 12.4. The minimum absolute atomic E-state index is 0.246. The number of hydrogen-bond acceptors (Lipinski definition) is 4.